The molecule has 1 rings (SSSR count). The van der Waals surface area contributed by atoms with Crippen LogP contribution in [0.5, 0.6) is 0 Å². The van der Waals surface area contributed by atoms with Gasteiger partial charge in [-0.15, -0.1) is 0 Å². The van der Waals surface area contributed by atoms with Crippen molar-refractivity contribution in [3.05, 3.63) is 4.77 Å². The van der Waals surface area contributed by atoms with Crippen LogP contribution in [0.2, 0.25) is 0 Å². The zero-order valence-corrected chi connectivity index (χ0v) is 9.71. The lowest BCUT2D eigenvalue weighted by atomic mass is 10.3. The van der Waals surface area contributed by atoms with E-state index in [0.29, 0.717) is 10.8 Å². The van der Waals surface area contributed by atoms with Crippen LogP contribution in [-0.2, 0) is 6.54 Å². The molecule has 0 radical (unpaired) electrons. The van der Waals surface area contributed by atoms with Crippen molar-refractivity contribution < 1.29 is 0 Å². The number of hydrogen-bond donors (Lipinski definition) is 1. The topological polar surface area (TPSA) is 49.7 Å². The standard InChI is InChI=1S/C8H17N5S/c1-7(2)12(3)5-4-6-13-8(14)9-10-11-13/h7H,4-6H2,1-3H3,(H,9,11,14). The Morgan fingerprint density at radius 2 is 2.29 bits per heavy atom. The lowest BCUT2D eigenvalue weighted by Gasteiger charge is -2.20. The SMILES string of the molecule is CC(C)N(C)CCCn1[nH]nnc1=S. The molecule has 1 heterocycles. The average molecular weight is 215 g/mol. The van der Waals surface area contributed by atoms with Gasteiger partial charge in [-0.3, -0.25) is 0 Å². The van der Waals surface area contributed by atoms with Crippen molar-refractivity contribution in [1.82, 2.24) is 25.1 Å². The highest BCUT2D eigenvalue weighted by Gasteiger charge is 2.02. The number of aromatic amines is 1. The normalized spacial score (nSPS) is 11.5. The van der Waals surface area contributed by atoms with Gasteiger partial charge in [0.05, 0.1) is 0 Å². The Labute approximate surface area is 89.1 Å². The first-order valence-corrected chi connectivity index (χ1v) is 5.20. The molecule has 0 aliphatic heterocycles. The second kappa shape index (κ2) is 5.21. The highest BCUT2D eigenvalue weighted by molar-refractivity contribution is 7.71. The molecule has 0 bridgehead atoms. The van der Waals surface area contributed by atoms with Gasteiger partial charge in [0.25, 0.3) is 0 Å². The number of hydrogen-bond acceptors (Lipinski definition) is 4. The summed E-state index contributed by atoms with van der Waals surface area (Å²) >= 11 is 4.96. The van der Waals surface area contributed by atoms with E-state index in [4.69, 9.17) is 12.2 Å². The molecule has 0 aliphatic carbocycles. The molecule has 0 aliphatic rings. The van der Waals surface area contributed by atoms with Gasteiger partial charge < -0.3 is 4.90 Å². The Balaban J connectivity index is 2.29. The van der Waals surface area contributed by atoms with Crippen molar-refractivity contribution in [2.24, 2.45) is 0 Å². The van der Waals surface area contributed by atoms with Gasteiger partial charge in [0.2, 0.25) is 4.77 Å². The van der Waals surface area contributed by atoms with Crippen LogP contribution >= 0.6 is 12.2 Å². The second-order valence-corrected chi connectivity index (χ2v) is 4.03. The first-order valence-electron chi connectivity index (χ1n) is 4.79. The second-order valence-electron chi connectivity index (χ2n) is 3.66. The van der Waals surface area contributed by atoms with Crippen LogP contribution in [0.3, 0.4) is 0 Å². The Morgan fingerprint density at radius 3 is 2.79 bits per heavy atom. The van der Waals surface area contributed by atoms with Crippen LogP contribution in [-0.4, -0.2) is 44.7 Å². The lowest BCUT2D eigenvalue weighted by molar-refractivity contribution is 0.263. The van der Waals surface area contributed by atoms with Crippen LogP contribution in [0.1, 0.15) is 20.3 Å². The largest absolute Gasteiger partial charge is 0.304 e. The van der Waals surface area contributed by atoms with Crippen molar-refractivity contribution in [1.29, 1.82) is 0 Å². The third-order valence-corrected chi connectivity index (χ3v) is 2.61. The summed E-state index contributed by atoms with van der Waals surface area (Å²) in [6.45, 7) is 6.27. The van der Waals surface area contributed by atoms with Crippen molar-refractivity contribution in [3.63, 3.8) is 0 Å². The summed E-state index contributed by atoms with van der Waals surface area (Å²) in [5.41, 5.74) is 0. The molecule has 0 unspecified atom stereocenters. The zero-order chi connectivity index (χ0) is 10.6. The van der Waals surface area contributed by atoms with Gasteiger partial charge in [0.1, 0.15) is 0 Å². The van der Waals surface area contributed by atoms with Crippen molar-refractivity contribution in [2.75, 3.05) is 13.6 Å². The van der Waals surface area contributed by atoms with Crippen molar-refractivity contribution in [2.45, 2.75) is 32.9 Å². The minimum absolute atomic E-state index is 0.525. The lowest BCUT2D eigenvalue weighted by Crippen LogP contribution is -2.28. The predicted octanol–water partition coefficient (Wildman–Crippen LogP) is 1.07. The molecule has 0 fully saturated rings. The highest BCUT2D eigenvalue weighted by Crippen LogP contribution is 1.96. The fraction of sp³-hybridized carbons (Fsp3) is 0.875. The van der Waals surface area contributed by atoms with Crippen LogP contribution < -0.4 is 0 Å². The summed E-state index contributed by atoms with van der Waals surface area (Å²) in [7, 11) is 2.12. The van der Waals surface area contributed by atoms with E-state index in [1.54, 1.807) is 4.68 Å². The third-order valence-electron chi connectivity index (χ3n) is 2.31. The van der Waals surface area contributed by atoms with Crippen molar-refractivity contribution >= 4 is 12.2 Å². The minimum Gasteiger partial charge on any atom is -0.304 e. The van der Waals surface area contributed by atoms with Crippen LogP contribution in [0.25, 0.3) is 0 Å². The molecule has 80 valence electrons. The average Bonchev–Trinajstić information content (AvgIpc) is 2.51. The molecule has 1 aromatic rings. The van der Waals surface area contributed by atoms with Gasteiger partial charge in [-0.2, -0.15) is 5.21 Å². The summed E-state index contributed by atoms with van der Waals surface area (Å²) in [6, 6.07) is 0.586. The molecule has 0 saturated heterocycles. The quantitative estimate of drug-likeness (QED) is 0.746. The maximum absolute atomic E-state index is 4.96. The number of aryl methyl sites for hydroxylation is 1. The van der Waals surface area contributed by atoms with E-state index in [-0.39, 0.29) is 0 Å². The molecule has 6 heteroatoms. The molecular formula is C8H17N5S. The van der Waals surface area contributed by atoms with Crippen LogP contribution in [0.4, 0.5) is 0 Å². The Bertz CT molecular complexity index is 316. The summed E-state index contributed by atoms with van der Waals surface area (Å²) in [6.07, 6.45) is 1.05. The number of H-pyrrole nitrogens is 1. The first-order chi connectivity index (χ1) is 6.61. The number of nitrogens with one attached hydrogen (secondary N) is 1. The van der Waals surface area contributed by atoms with Gasteiger partial charge >= 0.3 is 0 Å². The maximum atomic E-state index is 4.96. The van der Waals surface area contributed by atoms with Crippen LogP contribution in [0.15, 0.2) is 0 Å². The van der Waals surface area contributed by atoms with E-state index in [1.165, 1.54) is 0 Å². The molecule has 0 saturated carbocycles. The molecule has 0 amide bonds. The van der Waals surface area contributed by atoms with Gasteiger partial charge in [-0.1, -0.05) is 10.3 Å². The Kier molecular flexibility index (Phi) is 4.21. The number of nitrogens with zero attached hydrogens (tertiary/aromatic N) is 4. The summed E-state index contributed by atoms with van der Waals surface area (Å²) in [5.74, 6) is 0. The van der Waals surface area contributed by atoms with Crippen molar-refractivity contribution in [3.8, 4) is 0 Å². The number of tetrazole rings is 1. The molecule has 1 N–H and O–H groups in total. The highest BCUT2D eigenvalue weighted by atomic mass is 32.1. The van der Waals surface area contributed by atoms with Gasteiger partial charge in [0, 0.05) is 12.6 Å². The molecule has 0 aromatic carbocycles. The summed E-state index contributed by atoms with van der Waals surface area (Å²) in [5, 5.41) is 10.1. The van der Waals surface area contributed by atoms with E-state index in [9.17, 15) is 0 Å². The molecule has 1 aromatic heterocycles. The zero-order valence-electron chi connectivity index (χ0n) is 8.90. The van der Waals surface area contributed by atoms with E-state index in [0.717, 1.165) is 19.5 Å². The number of rotatable bonds is 5. The summed E-state index contributed by atoms with van der Waals surface area (Å²) < 4.78 is 2.31. The molecule has 14 heavy (non-hydrogen) atoms. The van der Waals surface area contributed by atoms with Gasteiger partial charge in [0.15, 0.2) is 0 Å². The van der Waals surface area contributed by atoms with E-state index < -0.39 is 0 Å². The molecular weight excluding hydrogens is 198 g/mol. The van der Waals surface area contributed by atoms with E-state index >= 15 is 0 Å². The Morgan fingerprint density at radius 1 is 1.57 bits per heavy atom. The van der Waals surface area contributed by atoms with Crippen LogP contribution in [0, 0.1) is 4.77 Å². The Hall–Kier alpha value is -0.750. The van der Waals surface area contributed by atoms with E-state index in [1.807, 2.05) is 0 Å². The van der Waals surface area contributed by atoms with Gasteiger partial charge in [-0.25, -0.2) is 4.68 Å². The predicted molar refractivity (Wildman–Crippen MR) is 57.6 cm³/mol. The van der Waals surface area contributed by atoms with Gasteiger partial charge in [-0.05, 0) is 46.1 Å². The molecule has 5 nitrogen and oxygen atoms in total. The maximum Gasteiger partial charge on any atom is 0.238 e. The minimum atomic E-state index is 0.525. The number of aromatic nitrogens is 4. The monoisotopic (exact) mass is 215 g/mol. The fourth-order valence-electron chi connectivity index (χ4n) is 1.10. The summed E-state index contributed by atoms with van der Waals surface area (Å²) in [4.78, 5) is 2.30. The van der Waals surface area contributed by atoms with E-state index in [2.05, 4.69) is 41.3 Å². The third kappa shape index (κ3) is 3.19. The fourth-order valence-corrected chi connectivity index (χ4v) is 1.27. The molecule has 0 spiro atoms. The first kappa shape index (κ1) is 11.3. The molecule has 0 atom stereocenters. The smallest absolute Gasteiger partial charge is 0.238 e.